The lowest BCUT2D eigenvalue weighted by Crippen LogP contribution is -2.41. The van der Waals surface area contributed by atoms with Crippen LogP contribution in [-0.2, 0) is 14.3 Å². The van der Waals surface area contributed by atoms with Crippen molar-refractivity contribution in [3.8, 4) is 5.75 Å². The van der Waals surface area contributed by atoms with Gasteiger partial charge in [-0.25, -0.2) is 0 Å². The van der Waals surface area contributed by atoms with E-state index < -0.39 is 0 Å². The van der Waals surface area contributed by atoms with Crippen LogP contribution in [0, 0.1) is 0 Å². The molecule has 0 bridgehead atoms. The molecule has 1 saturated heterocycles. The number of hydrogen-bond acceptors (Lipinski definition) is 5. The topological polar surface area (TPSA) is 60.4 Å². The van der Waals surface area contributed by atoms with Gasteiger partial charge < -0.3 is 19.1 Å². The highest BCUT2D eigenvalue weighted by molar-refractivity contribution is 6.05. The second-order valence-electron chi connectivity index (χ2n) is 6.69. The number of hydrogen-bond donors (Lipinski definition) is 0. The van der Waals surface area contributed by atoms with Gasteiger partial charge in [0.05, 0.1) is 44.1 Å². The zero-order chi connectivity index (χ0) is 19.8. The van der Waals surface area contributed by atoms with Crippen molar-refractivity contribution in [3.05, 3.63) is 54.1 Å². The summed E-state index contributed by atoms with van der Waals surface area (Å²) in [4.78, 5) is 19.5. The summed E-state index contributed by atoms with van der Waals surface area (Å²) in [6.45, 7) is 5.05. The molecule has 1 unspecified atom stereocenters. The summed E-state index contributed by atoms with van der Waals surface area (Å²) in [6, 6.07) is 7.58. The molecule has 28 heavy (non-hydrogen) atoms. The van der Waals surface area contributed by atoms with E-state index in [4.69, 9.17) is 19.2 Å². The van der Waals surface area contributed by atoms with E-state index in [0.29, 0.717) is 39.3 Å². The number of allylic oxidation sites excluding steroid dienone is 2. The zero-order valence-electron chi connectivity index (χ0n) is 16.5. The quantitative estimate of drug-likeness (QED) is 0.725. The molecule has 0 saturated carbocycles. The largest absolute Gasteiger partial charge is 0.494 e. The van der Waals surface area contributed by atoms with Gasteiger partial charge in [-0.05, 0) is 48.9 Å². The number of rotatable bonds is 7. The van der Waals surface area contributed by atoms with Crippen LogP contribution in [-0.4, -0.2) is 62.6 Å². The summed E-state index contributed by atoms with van der Waals surface area (Å²) in [5, 5.41) is 0. The fourth-order valence-electron chi connectivity index (χ4n) is 3.23. The average molecular weight is 384 g/mol. The Morgan fingerprint density at radius 3 is 2.50 bits per heavy atom. The van der Waals surface area contributed by atoms with Gasteiger partial charge in [0.1, 0.15) is 5.75 Å². The van der Waals surface area contributed by atoms with E-state index in [1.165, 1.54) is 0 Å². The standard InChI is InChI=1S/C22H28N2O4/c1-3-28-20-8-4-17(5-9-20)21(16-22(25)24-12-14-27-15-13-24)23-18-6-10-19(26-2)11-7-18/h4-11,19,21H,3,12-16H2,1-2H3. The molecule has 1 aliphatic carbocycles. The van der Waals surface area contributed by atoms with E-state index in [2.05, 4.69) is 0 Å². The fraction of sp³-hybridized carbons (Fsp3) is 0.455. The average Bonchev–Trinajstić information content (AvgIpc) is 2.75. The first kappa shape index (κ1) is 20.3. The van der Waals surface area contributed by atoms with Gasteiger partial charge in [-0.3, -0.25) is 9.79 Å². The molecule has 0 radical (unpaired) electrons. The smallest absolute Gasteiger partial charge is 0.225 e. The van der Waals surface area contributed by atoms with Crippen molar-refractivity contribution < 1.29 is 19.0 Å². The lowest BCUT2D eigenvalue weighted by atomic mass is 10.0. The second kappa shape index (κ2) is 10.2. The molecule has 1 amide bonds. The van der Waals surface area contributed by atoms with Crippen molar-refractivity contribution in [1.29, 1.82) is 0 Å². The molecule has 0 aromatic heterocycles. The molecule has 1 heterocycles. The minimum Gasteiger partial charge on any atom is -0.494 e. The van der Waals surface area contributed by atoms with Gasteiger partial charge in [0.15, 0.2) is 0 Å². The third kappa shape index (κ3) is 5.53. The van der Waals surface area contributed by atoms with E-state index in [1.54, 1.807) is 7.11 Å². The Bertz CT molecular complexity index is 717. The highest BCUT2D eigenvalue weighted by Crippen LogP contribution is 2.26. The van der Waals surface area contributed by atoms with Crippen LogP contribution in [0.3, 0.4) is 0 Å². The third-order valence-electron chi connectivity index (χ3n) is 4.80. The number of ether oxygens (including phenoxy) is 3. The Labute approximate surface area is 166 Å². The summed E-state index contributed by atoms with van der Waals surface area (Å²) < 4.78 is 16.2. The molecule has 6 heteroatoms. The fourth-order valence-corrected chi connectivity index (χ4v) is 3.23. The SMILES string of the molecule is CCOc1ccc(C(CC(=O)N2CCOCC2)N=C2C=CC(OC)C=C2)cc1. The number of benzene rings is 1. The lowest BCUT2D eigenvalue weighted by molar-refractivity contribution is -0.135. The number of morpholine rings is 1. The van der Waals surface area contributed by atoms with Gasteiger partial charge in [0.2, 0.25) is 5.91 Å². The predicted molar refractivity (Wildman–Crippen MR) is 109 cm³/mol. The van der Waals surface area contributed by atoms with Crippen molar-refractivity contribution in [2.24, 2.45) is 4.99 Å². The Kier molecular flexibility index (Phi) is 7.39. The van der Waals surface area contributed by atoms with Crippen molar-refractivity contribution in [3.63, 3.8) is 0 Å². The minimum absolute atomic E-state index is 0.0298. The molecule has 1 atom stereocenters. The van der Waals surface area contributed by atoms with Gasteiger partial charge in [-0.15, -0.1) is 0 Å². The number of amides is 1. The summed E-state index contributed by atoms with van der Waals surface area (Å²) in [5.74, 6) is 0.919. The van der Waals surface area contributed by atoms with E-state index >= 15 is 0 Å². The molecule has 1 aromatic rings. The van der Waals surface area contributed by atoms with Crippen LogP contribution >= 0.6 is 0 Å². The number of carbonyl (C=O) groups is 1. The van der Waals surface area contributed by atoms with Crippen LogP contribution in [0.2, 0.25) is 0 Å². The van der Waals surface area contributed by atoms with Crippen LogP contribution < -0.4 is 4.74 Å². The first-order valence-corrected chi connectivity index (χ1v) is 9.75. The molecule has 1 aromatic carbocycles. The first-order valence-electron chi connectivity index (χ1n) is 9.75. The predicted octanol–water partition coefficient (Wildman–Crippen LogP) is 2.96. The molecular formula is C22H28N2O4. The normalized spacial score (nSPS) is 20.1. The van der Waals surface area contributed by atoms with Crippen LogP contribution in [0.15, 0.2) is 53.6 Å². The maximum atomic E-state index is 12.8. The summed E-state index contributed by atoms with van der Waals surface area (Å²) in [6.07, 6.45) is 8.09. The van der Waals surface area contributed by atoms with Gasteiger partial charge in [-0.1, -0.05) is 12.1 Å². The monoisotopic (exact) mass is 384 g/mol. The number of nitrogens with zero attached hydrogens (tertiary/aromatic N) is 2. The van der Waals surface area contributed by atoms with E-state index in [1.807, 2.05) is 60.4 Å². The summed E-state index contributed by atoms with van der Waals surface area (Å²) >= 11 is 0. The van der Waals surface area contributed by atoms with Crippen molar-refractivity contribution in [2.45, 2.75) is 25.5 Å². The molecule has 1 fully saturated rings. The Morgan fingerprint density at radius 2 is 1.89 bits per heavy atom. The van der Waals surface area contributed by atoms with Gasteiger partial charge in [0.25, 0.3) is 0 Å². The second-order valence-corrected chi connectivity index (χ2v) is 6.69. The number of aliphatic imine (C=N–C) groups is 1. The summed E-state index contributed by atoms with van der Waals surface area (Å²) in [7, 11) is 1.67. The lowest BCUT2D eigenvalue weighted by Gasteiger charge is -2.28. The highest BCUT2D eigenvalue weighted by Gasteiger charge is 2.22. The van der Waals surface area contributed by atoms with Crippen LogP contribution in [0.4, 0.5) is 0 Å². The number of carbonyl (C=O) groups excluding carboxylic acids is 1. The first-order chi connectivity index (χ1) is 13.7. The maximum absolute atomic E-state index is 12.8. The molecule has 3 rings (SSSR count). The molecule has 150 valence electrons. The Morgan fingerprint density at radius 1 is 1.21 bits per heavy atom. The minimum atomic E-state index is -0.255. The van der Waals surface area contributed by atoms with Crippen LogP contribution in [0.5, 0.6) is 5.75 Å². The number of methoxy groups -OCH3 is 1. The van der Waals surface area contributed by atoms with Crippen molar-refractivity contribution >= 4 is 11.6 Å². The van der Waals surface area contributed by atoms with E-state index in [-0.39, 0.29) is 18.1 Å². The Hall–Kier alpha value is -2.44. The van der Waals surface area contributed by atoms with Crippen LogP contribution in [0.25, 0.3) is 0 Å². The molecule has 0 spiro atoms. The highest BCUT2D eigenvalue weighted by atomic mass is 16.5. The van der Waals surface area contributed by atoms with Crippen molar-refractivity contribution in [2.75, 3.05) is 40.0 Å². The van der Waals surface area contributed by atoms with Crippen molar-refractivity contribution in [1.82, 2.24) is 4.90 Å². The Balaban J connectivity index is 1.79. The summed E-state index contributed by atoms with van der Waals surface area (Å²) in [5.41, 5.74) is 1.83. The van der Waals surface area contributed by atoms with Gasteiger partial charge in [0, 0.05) is 20.2 Å². The van der Waals surface area contributed by atoms with Gasteiger partial charge in [-0.2, -0.15) is 0 Å². The van der Waals surface area contributed by atoms with Gasteiger partial charge >= 0.3 is 0 Å². The molecule has 6 nitrogen and oxygen atoms in total. The third-order valence-corrected chi connectivity index (χ3v) is 4.80. The molecule has 1 aliphatic heterocycles. The molecule has 2 aliphatic rings. The molecular weight excluding hydrogens is 356 g/mol. The van der Waals surface area contributed by atoms with Crippen LogP contribution in [0.1, 0.15) is 24.9 Å². The maximum Gasteiger partial charge on any atom is 0.225 e. The van der Waals surface area contributed by atoms with E-state index in [9.17, 15) is 4.79 Å². The van der Waals surface area contributed by atoms with E-state index in [0.717, 1.165) is 17.0 Å². The molecule has 0 N–H and O–H groups in total. The zero-order valence-corrected chi connectivity index (χ0v) is 16.5.